The Morgan fingerprint density at radius 2 is 1.27 bits per heavy atom. The summed E-state index contributed by atoms with van der Waals surface area (Å²) in [6.45, 7) is 22.3. The Kier molecular flexibility index (Phi) is 9.71. The first-order chi connectivity index (χ1) is 13.6. The molecular weight excluding hydrogens is 368 g/mol. The van der Waals surface area contributed by atoms with Crippen LogP contribution in [0.2, 0.25) is 0 Å². The normalized spacial score (nSPS) is 34.3. The maximum atomic E-state index is 9.51. The zero-order valence-electron chi connectivity index (χ0n) is 22.0. The lowest BCUT2D eigenvalue weighted by atomic mass is 9.66. The van der Waals surface area contributed by atoms with E-state index >= 15 is 0 Å². The molecule has 2 rings (SSSR count). The lowest BCUT2D eigenvalue weighted by Crippen LogP contribution is -2.30. The lowest BCUT2D eigenvalue weighted by Gasteiger charge is -2.39. The zero-order valence-corrected chi connectivity index (χ0v) is 22.0. The molecule has 0 radical (unpaired) electrons. The molecular formula is C28H54O2. The third-order valence-electron chi connectivity index (χ3n) is 9.71. The summed E-state index contributed by atoms with van der Waals surface area (Å²) in [6.07, 6.45) is 14.6. The quantitative estimate of drug-likeness (QED) is 0.411. The molecule has 2 aliphatic rings. The van der Waals surface area contributed by atoms with E-state index in [1.165, 1.54) is 44.9 Å². The van der Waals surface area contributed by atoms with E-state index < -0.39 is 0 Å². The first-order valence-electron chi connectivity index (χ1n) is 12.6. The van der Waals surface area contributed by atoms with Gasteiger partial charge in [0.05, 0.1) is 12.2 Å². The molecule has 0 heterocycles. The summed E-state index contributed by atoms with van der Waals surface area (Å²) < 4.78 is 0. The molecule has 2 fully saturated rings. The standard InChI is InChI=1S/C14H28O.C14H26O/c2*1-11(12(2)15)7-10-14(5)9-6-8-13(14,3)4/h11-12,15H,6-10H2,1-5H3;7,10-12,15H,6,8-9H2,1-5H3. The SMILES string of the molecule is CC(O)C(C)C=CC1(C)CCCC1(C)C.CC(O)C(C)CCC1(C)CCCC1(C)C. The number of rotatable bonds is 7. The van der Waals surface area contributed by atoms with Gasteiger partial charge in [-0.1, -0.05) is 80.4 Å². The summed E-state index contributed by atoms with van der Waals surface area (Å²) in [7, 11) is 0. The summed E-state index contributed by atoms with van der Waals surface area (Å²) in [5, 5.41) is 19.0. The van der Waals surface area contributed by atoms with Crippen LogP contribution in [0.1, 0.15) is 121 Å². The molecule has 0 bridgehead atoms. The Morgan fingerprint density at radius 3 is 1.67 bits per heavy atom. The molecule has 0 amide bonds. The highest BCUT2D eigenvalue weighted by Gasteiger charge is 2.44. The van der Waals surface area contributed by atoms with Gasteiger partial charge in [-0.15, -0.1) is 0 Å². The van der Waals surface area contributed by atoms with Crippen LogP contribution in [0.15, 0.2) is 12.2 Å². The van der Waals surface area contributed by atoms with Crippen LogP contribution in [-0.2, 0) is 0 Å². The zero-order chi connectivity index (χ0) is 23.4. The Morgan fingerprint density at radius 1 is 0.733 bits per heavy atom. The van der Waals surface area contributed by atoms with Crippen molar-refractivity contribution < 1.29 is 10.2 Å². The second-order valence-corrected chi connectivity index (χ2v) is 12.7. The summed E-state index contributed by atoms with van der Waals surface area (Å²) >= 11 is 0. The van der Waals surface area contributed by atoms with Crippen LogP contribution < -0.4 is 0 Å². The van der Waals surface area contributed by atoms with Gasteiger partial charge in [0.1, 0.15) is 0 Å². The predicted molar refractivity (Wildman–Crippen MR) is 132 cm³/mol. The molecule has 2 aliphatic carbocycles. The van der Waals surface area contributed by atoms with Gasteiger partial charge in [-0.3, -0.25) is 0 Å². The van der Waals surface area contributed by atoms with E-state index in [2.05, 4.69) is 67.5 Å². The van der Waals surface area contributed by atoms with Crippen molar-refractivity contribution in [1.82, 2.24) is 0 Å². The number of aliphatic hydroxyl groups excluding tert-OH is 2. The van der Waals surface area contributed by atoms with Crippen molar-refractivity contribution in [1.29, 1.82) is 0 Å². The summed E-state index contributed by atoms with van der Waals surface area (Å²) in [5.74, 6) is 0.705. The van der Waals surface area contributed by atoms with Crippen LogP contribution in [0.4, 0.5) is 0 Å². The predicted octanol–water partition coefficient (Wildman–Crippen LogP) is 7.78. The van der Waals surface area contributed by atoms with Crippen LogP contribution in [0.5, 0.6) is 0 Å². The average molecular weight is 423 g/mol. The molecule has 0 aliphatic heterocycles. The molecule has 2 saturated carbocycles. The van der Waals surface area contributed by atoms with Gasteiger partial charge in [-0.25, -0.2) is 0 Å². The van der Waals surface area contributed by atoms with Crippen LogP contribution in [0.3, 0.4) is 0 Å². The van der Waals surface area contributed by atoms with E-state index in [-0.39, 0.29) is 18.1 Å². The third-order valence-corrected chi connectivity index (χ3v) is 9.71. The van der Waals surface area contributed by atoms with Gasteiger partial charge >= 0.3 is 0 Å². The van der Waals surface area contributed by atoms with Crippen molar-refractivity contribution in [3.05, 3.63) is 12.2 Å². The molecule has 2 nitrogen and oxygen atoms in total. The van der Waals surface area contributed by atoms with Crippen LogP contribution in [0.25, 0.3) is 0 Å². The minimum absolute atomic E-state index is 0.155. The van der Waals surface area contributed by atoms with Crippen molar-refractivity contribution >= 4 is 0 Å². The Balaban J connectivity index is 0.000000300. The van der Waals surface area contributed by atoms with E-state index in [9.17, 15) is 10.2 Å². The molecule has 0 aromatic carbocycles. The van der Waals surface area contributed by atoms with Crippen molar-refractivity contribution in [2.45, 2.75) is 133 Å². The molecule has 2 N–H and O–H groups in total. The molecule has 2 heteroatoms. The highest BCUT2D eigenvalue weighted by atomic mass is 16.3. The second-order valence-electron chi connectivity index (χ2n) is 12.7. The fourth-order valence-corrected chi connectivity index (χ4v) is 5.17. The van der Waals surface area contributed by atoms with E-state index in [1.54, 1.807) is 0 Å². The van der Waals surface area contributed by atoms with Gasteiger partial charge in [0.2, 0.25) is 0 Å². The lowest BCUT2D eigenvalue weighted by molar-refractivity contribution is 0.0816. The largest absolute Gasteiger partial charge is 0.393 e. The molecule has 178 valence electrons. The average Bonchev–Trinajstić information content (AvgIpc) is 3.05. The van der Waals surface area contributed by atoms with E-state index in [0.29, 0.717) is 27.6 Å². The molecule has 0 saturated heterocycles. The summed E-state index contributed by atoms with van der Waals surface area (Å²) in [6, 6.07) is 0. The Labute approximate surface area is 188 Å². The fourth-order valence-electron chi connectivity index (χ4n) is 5.17. The van der Waals surface area contributed by atoms with Gasteiger partial charge in [-0.05, 0) is 85.9 Å². The van der Waals surface area contributed by atoms with Gasteiger partial charge in [0, 0.05) is 0 Å². The minimum atomic E-state index is -0.241. The molecule has 30 heavy (non-hydrogen) atoms. The van der Waals surface area contributed by atoms with E-state index in [4.69, 9.17) is 0 Å². The van der Waals surface area contributed by atoms with Gasteiger partial charge in [0.15, 0.2) is 0 Å². The second kappa shape index (κ2) is 10.5. The maximum absolute atomic E-state index is 9.51. The van der Waals surface area contributed by atoms with E-state index in [0.717, 1.165) is 6.42 Å². The molecule has 0 aromatic heterocycles. The molecule has 0 aromatic rings. The molecule has 0 spiro atoms. The highest BCUT2D eigenvalue weighted by molar-refractivity contribution is 5.09. The summed E-state index contributed by atoms with van der Waals surface area (Å²) in [4.78, 5) is 0. The summed E-state index contributed by atoms with van der Waals surface area (Å²) in [5.41, 5.74) is 1.71. The fraction of sp³-hybridized carbons (Fsp3) is 0.929. The first kappa shape index (κ1) is 27.7. The van der Waals surface area contributed by atoms with Crippen LogP contribution >= 0.6 is 0 Å². The molecule has 6 atom stereocenters. The van der Waals surface area contributed by atoms with Crippen molar-refractivity contribution in [3.63, 3.8) is 0 Å². The van der Waals surface area contributed by atoms with Gasteiger partial charge < -0.3 is 10.2 Å². The minimum Gasteiger partial charge on any atom is -0.393 e. The van der Waals surface area contributed by atoms with Crippen molar-refractivity contribution in [2.75, 3.05) is 0 Å². The van der Waals surface area contributed by atoms with Gasteiger partial charge in [-0.2, -0.15) is 0 Å². The Hall–Kier alpha value is -0.340. The highest BCUT2D eigenvalue weighted by Crippen LogP contribution is 2.55. The topological polar surface area (TPSA) is 40.5 Å². The van der Waals surface area contributed by atoms with Gasteiger partial charge in [0.25, 0.3) is 0 Å². The number of hydrogen-bond donors (Lipinski definition) is 2. The molecule has 6 unspecified atom stereocenters. The number of allylic oxidation sites excluding steroid dienone is 1. The van der Waals surface area contributed by atoms with Crippen molar-refractivity contribution in [2.24, 2.45) is 33.5 Å². The number of hydrogen-bond acceptors (Lipinski definition) is 2. The maximum Gasteiger partial charge on any atom is 0.0572 e. The third kappa shape index (κ3) is 6.83. The Bertz CT molecular complexity index is 545. The van der Waals surface area contributed by atoms with Crippen molar-refractivity contribution in [3.8, 4) is 0 Å². The van der Waals surface area contributed by atoms with Crippen LogP contribution in [-0.4, -0.2) is 22.4 Å². The smallest absolute Gasteiger partial charge is 0.0572 e. The van der Waals surface area contributed by atoms with Crippen LogP contribution in [0, 0.1) is 33.5 Å². The monoisotopic (exact) mass is 422 g/mol. The van der Waals surface area contributed by atoms with E-state index in [1.807, 2.05) is 13.8 Å². The first-order valence-corrected chi connectivity index (χ1v) is 12.6. The number of aliphatic hydroxyl groups is 2.